The summed E-state index contributed by atoms with van der Waals surface area (Å²) >= 11 is 0. The number of nitrogens with zero attached hydrogens (tertiary/aromatic N) is 5. The van der Waals surface area contributed by atoms with Gasteiger partial charge in [-0.15, -0.1) is 0 Å². The number of hydrogen-bond acceptors (Lipinski definition) is 2. The third-order valence-electron chi connectivity index (χ3n) is 23.4. The van der Waals surface area contributed by atoms with Gasteiger partial charge in [0.05, 0.1) is 72.2 Å². The van der Waals surface area contributed by atoms with Gasteiger partial charge in [-0.1, -0.05) is 315 Å². The van der Waals surface area contributed by atoms with Crippen molar-refractivity contribution in [1.82, 2.24) is 13.4 Å². The molecule has 0 atom stereocenters. The van der Waals surface area contributed by atoms with E-state index in [2.05, 4.69) is 334 Å². The first-order valence-electron chi connectivity index (χ1n) is 40.9. The second-order valence-corrected chi connectivity index (χ2v) is 28.7. The second-order valence-electron chi connectivity index (χ2n) is 28.7. The molecule has 2 aliphatic rings. The zero-order chi connectivity index (χ0) is 77.4. The minimum Gasteiger partial charge on any atom is -0.311 e. The number of rotatable bonds is 5. The Morgan fingerprint density at radius 1 is 0.222 bits per heavy atom. The van der Waals surface area contributed by atoms with Crippen LogP contribution in [0.25, 0.3) is 169 Å². The van der Waals surface area contributed by atoms with Crippen LogP contribution in [0, 0.1) is 0 Å². The van der Waals surface area contributed by atoms with Crippen LogP contribution >= 0.6 is 0 Å². The van der Waals surface area contributed by atoms with Crippen molar-refractivity contribution in [3.05, 3.63) is 376 Å². The van der Waals surface area contributed by atoms with Crippen molar-refractivity contribution in [2.24, 2.45) is 0 Å². The molecule has 5 aromatic heterocycles. The summed E-state index contributed by atoms with van der Waals surface area (Å²) in [6.45, 7) is -0.635. The molecule has 6 heteroatoms. The number of anilines is 6. The standard InChI is InChI=1S/C102H62BN5/c1-3-29-63(30-4-1)66-33-15-21-51-88(66)105-96-61-94-84(74-41-13-9-37-70(74)68-35-7-11-39-72(68)80-47-27-49-82-78-45-19-25-55-92(78)107(94)101(80)82)59-86(96)103-87-60-85-75-42-14-10-38-71(75)69-36-8-12-40-73(69)81-48-28-50-83-79-46-20-26-56-93(79)108(102(81)83)95(85)62-97(87)106(89-52-22-16-34-67(89)64-31-5-2-6-32-64)99-58-65(57-98(105)100(99)103)104-90-53-23-17-43-76(90)77-44-18-24-54-91(77)104/h1-62H/i17D,18D,23D,24D,43D,44D,53D,54D. The highest BCUT2D eigenvalue weighted by Gasteiger charge is 2.46. The van der Waals surface area contributed by atoms with Crippen LogP contribution in [0.3, 0.4) is 0 Å². The third-order valence-corrected chi connectivity index (χ3v) is 23.4. The van der Waals surface area contributed by atoms with Gasteiger partial charge in [0.25, 0.3) is 6.71 Å². The molecule has 2 aliphatic heterocycles. The fraction of sp³-hybridized carbons (Fsp3) is 0. The number of benzene rings is 17. The van der Waals surface area contributed by atoms with Gasteiger partial charge in [0, 0.05) is 87.7 Å². The molecule has 0 amide bonds. The van der Waals surface area contributed by atoms with Crippen LogP contribution < -0.4 is 26.2 Å². The van der Waals surface area contributed by atoms with Crippen molar-refractivity contribution >= 4 is 198 Å². The van der Waals surface area contributed by atoms with E-state index in [9.17, 15) is 11.0 Å². The Hall–Kier alpha value is -14.2. The summed E-state index contributed by atoms with van der Waals surface area (Å²) in [6.07, 6.45) is 0. The Bertz CT molecular complexity index is 7820. The number of para-hydroxylation sites is 8. The molecule has 108 heavy (non-hydrogen) atoms. The van der Waals surface area contributed by atoms with Crippen molar-refractivity contribution in [1.29, 1.82) is 0 Å². The topological polar surface area (TPSA) is 20.2 Å². The van der Waals surface area contributed by atoms with Crippen LogP contribution in [0.5, 0.6) is 0 Å². The molecule has 0 spiro atoms. The van der Waals surface area contributed by atoms with E-state index < -0.39 is 55.1 Å². The highest BCUT2D eigenvalue weighted by atomic mass is 15.2. The normalized spacial score (nSPS) is 13.8. The summed E-state index contributed by atoms with van der Waals surface area (Å²) in [6, 6.07) is 115. The predicted molar refractivity (Wildman–Crippen MR) is 460 cm³/mol. The molecule has 0 unspecified atom stereocenters. The Labute approximate surface area is 632 Å². The summed E-state index contributed by atoms with van der Waals surface area (Å²) < 4.78 is 84.7. The van der Waals surface area contributed by atoms with Crippen molar-refractivity contribution in [2.75, 3.05) is 9.80 Å². The van der Waals surface area contributed by atoms with E-state index in [-0.39, 0.29) is 21.8 Å². The first kappa shape index (κ1) is 51.9. The molecular weight excluding hydrogens is 1310 g/mol. The highest BCUT2D eigenvalue weighted by molar-refractivity contribution is 7.00. The van der Waals surface area contributed by atoms with Crippen molar-refractivity contribution in [3.8, 4) is 27.9 Å². The molecule has 0 saturated heterocycles. The average molecular weight is 1380 g/mol. The molecule has 7 heterocycles. The number of hydrogen-bond donors (Lipinski definition) is 0. The lowest BCUT2D eigenvalue weighted by molar-refractivity contribution is 1.16. The minimum absolute atomic E-state index is 0.0134. The van der Waals surface area contributed by atoms with Crippen LogP contribution in [-0.4, -0.2) is 20.1 Å². The van der Waals surface area contributed by atoms with Crippen molar-refractivity contribution in [3.63, 3.8) is 0 Å². The molecule has 0 radical (unpaired) electrons. The molecule has 0 bridgehead atoms. The maximum Gasteiger partial charge on any atom is 0.252 e. The largest absolute Gasteiger partial charge is 0.311 e. The molecule has 0 saturated carbocycles. The van der Waals surface area contributed by atoms with Gasteiger partial charge in [0.1, 0.15) is 0 Å². The molecule has 498 valence electrons. The zero-order valence-corrected chi connectivity index (χ0v) is 58.0. The van der Waals surface area contributed by atoms with Crippen LogP contribution in [0.15, 0.2) is 376 Å². The molecule has 24 rings (SSSR count). The van der Waals surface area contributed by atoms with Crippen LogP contribution in [0.1, 0.15) is 11.0 Å². The van der Waals surface area contributed by atoms with Crippen LogP contribution in [-0.2, 0) is 0 Å². The van der Waals surface area contributed by atoms with Gasteiger partial charge < -0.3 is 23.2 Å². The quantitative estimate of drug-likeness (QED) is 0.160. The third kappa shape index (κ3) is 8.20. The van der Waals surface area contributed by atoms with Gasteiger partial charge in [0.15, 0.2) is 0 Å². The Balaban J connectivity index is 0.987. The maximum atomic E-state index is 10.2. The van der Waals surface area contributed by atoms with E-state index in [1.807, 2.05) is 12.1 Å². The fourth-order valence-corrected chi connectivity index (χ4v) is 19.0. The zero-order valence-electron chi connectivity index (χ0n) is 66.0. The number of aromatic nitrogens is 3. The van der Waals surface area contributed by atoms with Gasteiger partial charge in [0.2, 0.25) is 0 Å². The molecule has 5 nitrogen and oxygen atoms in total. The Morgan fingerprint density at radius 3 is 0.963 bits per heavy atom. The molecule has 0 aliphatic carbocycles. The minimum atomic E-state index is -0.635. The summed E-state index contributed by atoms with van der Waals surface area (Å²) in [5.74, 6) is 0. The van der Waals surface area contributed by atoms with E-state index in [0.717, 1.165) is 192 Å². The fourth-order valence-electron chi connectivity index (χ4n) is 19.0. The number of fused-ring (bicyclic) bond motifs is 27. The highest BCUT2D eigenvalue weighted by Crippen LogP contribution is 2.53. The van der Waals surface area contributed by atoms with Gasteiger partial charge in [-0.2, -0.15) is 0 Å². The van der Waals surface area contributed by atoms with Crippen molar-refractivity contribution < 1.29 is 11.0 Å². The maximum absolute atomic E-state index is 10.2. The van der Waals surface area contributed by atoms with E-state index >= 15 is 0 Å². The molecule has 17 aromatic carbocycles. The van der Waals surface area contributed by atoms with Gasteiger partial charge in [-0.25, -0.2) is 0 Å². The molecule has 0 fully saturated rings. The monoisotopic (exact) mass is 1380 g/mol. The lowest BCUT2D eigenvalue weighted by Gasteiger charge is -2.45. The van der Waals surface area contributed by atoms with Crippen molar-refractivity contribution in [2.45, 2.75) is 0 Å². The predicted octanol–water partition coefficient (Wildman–Crippen LogP) is 25.4. The smallest absolute Gasteiger partial charge is 0.252 e. The first-order valence-corrected chi connectivity index (χ1v) is 36.9. The van der Waals surface area contributed by atoms with E-state index in [0.29, 0.717) is 5.69 Å². The second kappa shape index (κ2) is 22.7. The van der Waals surface area contributed by atoms with Gasteiger partial charge >= 0.3 is 0 Å². The summed E-state index contributed by atoms with van der Waals surface area (Å²) in [7, 11) is 0. The average Bonchev–Trinajstić information content (AvgIpc) is 0.888. The SMILES string of the molecule is [2H]c1c([2H])c([2H])c2c(c1[2H])c1c([2H])c([2H])c([2H])c([2H])c1n2-c1cc2c3c(c1)N(c1ccccc1-c1ccccc1)c1cc4c(cc1B3c1cc3c5ccccc5c5ccccc5c5cccc6c7ccccc7n(c3cc1N2c1ccccc1-c1ccccc1)c56)c1ccccc1c1ccccc1c1cccc2c3ccccc3n4c12. The lowest BCUT2D eigenvalue weighted by Crippen LogP contribution is -2.61. The van der Waals surface area contributed by atoms with E-state index in [1.54, 1.807) is 4.57 Å². The van der Waals surface area contributed by atoms with E-state index in [4.69, 9.17) is 0 Å². The Kier molecular flexibility index (Phi) is 10.9. The summed E-state index contributed by atoms with van der Waals surface area (Å²) in [4.78, 5) is 4.85. The summed E-state index contributed by atoms with van der Waals surface area (Å²) in [5, 5.41) is 17.3. The molecular formula is C102H62BN5. The van der Waals surface area contributed by atoms with Gasteiger partial charge in [-0.05, 0) is 131 Å². The Morgan fingerprint density at radius 2 is 0.546 bits per heavy atom. The lowest BCUT2D eigenvalue weighted by atomic mass is 9.33. The van der Waals surface area contributed by atoms with E-state index in [1.165, 1.54) is 0 Å². The van der Waals surface area contributed by atoms with Crippen LogP contribution in [0.4, 0.5) is 34.1 Å². The summed E-state index contributed by atoms with van der Waals surface area (Å²) in [5.41, 5.74) is 18.1. The molecule has 22 aromatic rings. The molecule has 0 N–H and O–H groups in total. The first-order chi connectivity index (χ1) is 57.0. The van der Waals surface area contributed by atoms with Gasteiger partial charge in [-0.3, -0.25) is 0 Å². The van der Waals surface area contributed by atoms with Crippen LogP contribution in [0.2, 0.25) is 0 Å².